The Morgan fingerprint density at radius 3 is 2.83 bits per heavy atom. The largest absolute Gasteiger partial charge is 0.497 e. The lowest BCUT2D eigenvalue weighted by Gasteiger charge is -2.15. The third-order valence-corrected chi connectivity index (χ3v) is 4.60. The van der Waals surface area contributed by atoms with E-state index in [1.54, 1.807) is 18.4 Å². The fourth-order valence-corrected chi connectivity index (χ4v) is 3.12. The first-order valence-corrected chi connectivity index (χ1v) is 8.39. The number of hydrogen-bond acceptors (Lipinski definition) is 4. The molecule has 0 fully saturated rings. The third-order valence-electron chi connectivity index (χ3n) is 3.53. The lowest BCUT2D eigenvalue weighted by molar-refractivity contribution is 0.237. The van der Waals surface area contributed by atoms with Gasteiger partial charge in [-0.2, -0.15) is 0 Å². The van der Waals surface area contributed by atoms with Gasteiger partial charge in [0.05, 0.1) is 19.3 Å². The molecule has 23 heavy (non-hydrogen) atoms. The number of amides is 2. The number of carbonyl (C=O) groups excluding carboxylic acids is 1. The molecular formula is C17H23N3O2S. The highest BCUT2D eigenvalue weighted by Crippen LogP contribution is 2.16. The van der Waals surface area contributed by atoms with E-state index in [-0.39, 0.29) is 12.1 Å². The predicted molar refractivity (Wildman–Crippen MR) is 93.1 cm³/mol. The first-order valence-electron chi connectivity index (χ1n) is 7.58. The maximum atomic E-state index is 12.0. The van der Waals surface area contributed by atoms with Gasteiger partial charge in [-0.25, -0.2) is 9.78 Å². The molecule has 6 heteroatoms. The van der Waals surface area contributed by atoms with Gasteiger partial charge in [-0.15, -0.1) is 11.3 Å². The fraction of sp³-hybridized carbons (Fsp3) is 0.412. The maximum Gasteiger partial charge on any atom is 0.315 e. The minimum atomic E-state index is -0.175. The van der Waals surface area contributed by atoms with E-state index in [0.29, 0.717) is 6.54 Å². The molecule has 0 saturated carbocycles. The Balaban J connectivity index is 1.79. The number of aryl methyl sites for hydroxylation is 2. The van der Waals surface area contributed by atoms with Crippen LogP contribution in [0.5, 0.6) is 5.75 Å². The number of hydrogen-bond donors (Lipinski definition) is 2. The third kappa shape index (κ3) is 5.25. The topological polar surface area (TPSA) is 63.2 Å². The van der Waals surface area contributed by atoms with Crippen molar-refractivity contribution in [1.82, 2.24) is 15.6 Å². The number of urea groups is 1. The number of methoxy groups -OCH3 is 1. The molecule has 1 atom stereocenters. The fourth-order valence-electron chi connectivity index (χ4n) is 2.25. The lowest BCUT2D eigenvalue weighted by atomic mass is 10.1. The zero-order chi connectivity index (χ0) is 16.8. The van der Waals surface area contributed by atoms with Crippen molar-refractivity contribution in [1.29, 1.82) is 0 Å². The van der Waals surface area contributed by atoms with E-state index in [0.717, 1.165) is 28.4 Å². The average Bonchev–Trinajstić information content (AvgIpc) is 2.84. The number of nitrogens with zero attached hydrogens (tertiary/aromatic N) is 1. The molecule has 1 heterocycles. The van der Waals surface area contributed by atoms with Crippen LogP contribution in [0.25, 0.3) is 0 Å². The summed E-state index contributed by atoms with van der Waals surface area (Å²) in [6.45, 7) is 6.45. The smallest absolute Gasteiger partial charge is 0.315 e. The monoisotopic (exact) mass is 333 g/mol. The van der Waals surface area contributed by atoms with Crippen molar-refractivity contribution in [3.63, 3.8) is 0 Å². The van der Waals surface area contributed by atoms with Gasteiger partial charge in [0.25, 0.3) is 0 Å². The molecule has 0 spiro atoms. The Labute approximate surface area is 141 Å². The van der Waals surface area contributed by atoms with Gasteiger partial charge in [-0.05, 0) is 44.9 Å². The number of rotatable bonds is 6. The van der Waals surface area contributed by atoms with E-state index >= 15 is 0 Å². The van der Waals surface area contributed by atoms with Gasteiger partial charge < -0.3 is 15.4 Å². The van der Waals surface area contributed by atoms with Gasteiger partial charge in [-0.1, -0.05) is 12.1 Å². The molecule has 0 aliphatic rings. The summed E-state index contributed by atoms with van der Waals surface area (Å²) in [6, 6.07) is 7.73. The van der Waals surface area contributed by atoms with Crippen LogP contribution in [0.1, 0.15) is 28.1 Å². The van der Waals surface area contributed by atoms with Crippen LogP contribution < -0.4 is 15.4 Å². The summed E-state index contributed by atoms with van der Waals surface area (Å²) in [5, 5.41) is 6.72. The van der Waals surface area contributed by atoms with E-state index in [1.165, 1.54) is 4.88 Å². The predicted octanol–water partition coefficient (Wildman–Crippen LogP) is 3.20. The Kier molecular flexibility index (Phi) is 5.98. The SMILES string of the molecule is COc1cccc(C[C@H](C)NC(=O)NCc2nc(C)c(C)s2)c1. The van der Waals surface area contributed by atoms with Crippen LogP contribution in [-0.4, -0.2) is 24.2 Å². The van der Waals surface area contributed by atoms with E-state index < -0.39 is 0 Å². The molecule has 2 rings (SSSR count). The van der Waals surface area contributed by atoms with Crippen LogP contribution in [0, 0.1) is 13.8 Å². The van der Waals surface area contributed by atoms with Gasteiger partial charge in [0.1, 0.15) is 10.8 Å². The molecular weight excluding hydrogens is 310 g/mol. The van der Waals surface area contributed by atoms with Crippen LogP contribution in [0.4, 0.5) is 4.79 Å². The molecule has 2 amide bonds. The van der Waals surface area contributed by atoms with E-state index in [4.69, 9.17) is 4.74 Å². The minimum absolute atomic E-state index is 0.0295. The summed E-state index contributed by atoms with van der Waals surface area (Å²) in [4.78, 5) is 17.6. The van der Waals surface area contributed by atoms with Crippen molar-refractivity contribution in [2.75, 3.05) is 7.11 Å². The summed E-state index contributed by atoms with van der Waals surface area (Å²) in [5.41, 5.74) is 2.15. The van der Waals surface area contributed by atoms with Crippen LogP contribution in [-0.2, 0) is 13.0 Å². The Hall–Kier alpha value is -2.08. The van der Waals surface area contributed by atoms with Gasteiger partial charge >= 0.3 is 6.03 Å². The molecule has 2 N–H and O–H groups in total. The molecule has 0 aliphatic carbocycles. The van der Waals surface area contributed by atoms with Crippen LogP contribution in [0.2, 0.25) is 0 Å². The van der Waals surface area contributed by atoms with E-state index in [1.807, 2.05) is 45.0 Å². The number of ether oxygens (including phenoxy) is 1. The molecule has 0 unspecified atom stereocenters. The zero-order valence-corrected chi connectivity index (χ0v) is 14.8. The molecule has 0 saturated heterocycles. The van der Waals surface area contributed by atoms with Crippen molar-refractivity contribution >= 4 is 17.4 Å². The number of aromatic nitrogens is 1. The molecule has 0 bridgehead atoms. The normalized spacial score (nSPS) is 11.8. The van der Waals surface area contributed by atoms with E-state index in [2.05, 4.69) is 15.6 Å². The molecule has 1 aromatic carbocycles. The maximum absolute atomic E-state index is 12.0. The summed E-state index contributed by atoms with van der Waals surface area (Å²) in [7, 11) is 1.65. The standard InChI is InChI=1S/C17H23N3O2S/c1-11(8-14-6-5-7-15(9-14)22-4)19-17(21)18-10-16-20-12(2)13(3)23-16/h5-7,9,11H,8,10H2,1-4H3,(H2,18,19,21)/t11-/m0/s1. The quantitative estimate of drug-likeness (QED) is 0.853. The molecule has 0 radical (unpaired) electrons. The average molecular weight is 333 g/mol. The summed E-state index contributed by atoms with van der Waals surface area (Å²) >= 11 is 1.61. The Morgan fingerprint density at radius 2 is 2.17 bits per heavy atom. The van der Waals surface area contributed by atoms with E-state index in [9.17, 15) is 4.79 Å². The van der Waals surface area contributed by atoms with Crippen molar-refractivity contribution in [3.05, 3.63) is 45.4 Å². The summed E-state index contributed by atoms with van der Waals surface area (Å²) < 4.78 is 5.21. The van der Waals surface area contributed by atoms with Crippen molar-refractivity contribution in [3.8, 4) is 5.75 Å². The molecule has 5 nitrogen and oxygen atoms in total. The lowest BCUT2D eigenvalue weighted by Crippen LogP contribution is -2.41. The summed E-state index contributed by atoms with van der Waals surface area (Å²) in [5.74, 6) is 0.827. The van der Waals surface area contributed by atoms with Gasteiger partial charge in [0.2, 0.25) is 0 Å². The number of carbonyl (C=O) groups is 1. The first kappa shape index (κ1) is 17.3. The van der Waals surface area contributed by atoms with Crippen molar-refractivity contribution in [2.45, 2.75) is 39.8 Å². The Morgan fingerprint density at radius 1 is 1.39 bits per heavy atom. The van der Waals surface area contributed by atoms with Gasteiger partial charge in [-0.3, -0.25) is 0 Å². The minimum Gasteiger partial charge on any atom is -0.497 e. The van der Waals surface area contributed by atoms with Crippen LogP contribution in [0.3, 0.4) is 0 Å². The second-order valence-electron chi connectivity index (χ2n) is 5.53. The zero-order valence-electron chi connectivity index (χ0n) is 14.0. The molecule has 0 aliphatic heterocycles. The second kappa shape index (κ2) is 7.97. The first-order chi connectivity index (χ1) is 11.0. The van der Waals surface area contributed by atoms with Gasteiger partial charge in [0.15, 0.2) is 0 Å². The van der Waals surface area contributed by atoms with Crippen molar-refractivity contribution in [2.24, 2.45) is 0 Å². The number of benzene rings is 1. The highest BCUT2D eigenvalue weighted by molar-refractivity contribution is 7.11. The highest BCUT2D eigenvalue weighted by Gasteiger charge is 2.10. The highest BCUT2D eigenvalue weighted by atomic mass is 32.1. The Bertz CT molecular complexity index is 650. The van der Waals surface area contributed by atoms with Gasteiger partial charge in [0, 0.05) is 10.9 Å². The number of thiazole rings is 1. The van der Waals surface area contributed by atoms with Crippen molar-refractivity contribution < 1.29 is 9.53 Å². The number of nitrogens with one attached hydrogen (secondary N) is 2. The summed E-state index contributed by atoms with van der Waals surface area (Å²) in [6.07, 6.45) is 0.750. The van der Waals surface area contributed by atoms with Crippen LogP contribution in [0.15, 0.2) is 24.3 Å². The molecule has 2 aromatic rings. The second-order valence-corrected chi connectivity index (χ2v) is 6.82. The molecule has 124 valence electrons. The van der Waals surface area contributed by atoms with Crippen LogP contribution >= 0.6 is 11.3 Å². The molecule has 1 aromatic heterocycles.